The lowest BCUT2D eigenvalue weighted by molar-refractivity contribution is -0.137. The first-order valence-corrected chi connectivity index (χ1v) is 19.7. The fourth-order valence-electron chi connectivity index (χ4n) is 8.08. The van der Waals surface area contributed by atoms with Crippen LogP contribution in [-0.4, -0.2) is 45.1 Å². The summed E-state index contributed by atoms with van der Waals surface area (Å²) in [4.78, 5) is 27.7. The molecule has 0 spiro atoms. The summed E-state index contributed by atoms with van der Waals surface area (Å²) in [5.74, 6) is -1.01. The minimum atomic E-state index is -0.856. The van der Waals surface area contributed by atoms with Crippen LogP contribution >= 0.6 is 11.8 Å². The average molecular weight is 749 g/mol. The molecule has 2 aromatic heterocycles. The Bertz CT molecular complexity index is 2680. The highest BCUT2D eigenvalue weighted by Gasteiger charge is 2.24. The number of hydrogen-bond donors (Lipinski definition) is 3. The molecule has 278 valence electrons. The quantitative estimate of drug-likeness (QED) is 0.114. The summed E-state index contributed by atoms with van der Waals surface area (Å²) in [6.45, 7) is 4.90. The van der Waals surface area contributed by atoms with Crippen molar-refractivity contribution in [2.24, 2.45) is 0 Å². The fraction of sp³-hybridized carbons (Fsp3) is 0.191. The number of para-hydroxylation sites is 2. The van der Waals surface area contributed by atoms with Crippen LogP contribution < -0.4 is 4.74 Å². The largest absolute Gasteiger partial charge is 0.494 e. The van der Waals surface area contributed by atoms with Gasteiger partial charge in [0.15, 0.2) is 0 Å². The predicted molar refractivity (Wildman–Crippen MR) is 225 cm³/mol. The van der Waals surface area contributed by atoms with Gasteiger partial charge in [0, 0.05) is 49.6 Å². The number of H-pyrrole nitrogens is 1. The van der Waals surface area contributed by atoms with Crippen LogP contribution in [-0.2, 0) is 41.8 Å². The van der Waals surface area contributed by atoms with Crippen LogP contribution in [0.25, 0.3) is 43.6 Å². The van der Waals surface area contributed by atoms with Gasteiger partial charge in [-0.15, -0.1) is 11.8 Å². The van der Waals surface area contributed by atoms with Crippen molar-refractivity contribution in [3.05, 3.63) is 154 Å². The lowest BCUT2D eigenvalue weighted by Gasteiger charge is -2.19. The summed E-state index contributed by atoms with van der Waals surface area (Å²) in [6.07, 6.45) is 3.51. The Morgan fingerprint density at radius 2 is 1.33 bits per heavy atom. The molecule has 8 aromatic rings. The predicted octanol–water partition coefficient (Wildman–Crippen LogP) is 10.6. The second-order valence-corrected chi connectivity index (χ2v) is 14.6. The van der Waals surface area contributed by atoms with Crippen molar-refractivity contribution in [3.63, 3.8) is 0 Å². The zero-order valence-corrected chi connectivity index (χ0v) is 32.3. The number of hydrogen-bond acceptors (Lipinski definition) is 4. The molecule has 55 heavy (non-hydrogen) atoms. The molecular formula is C47H44N2O5S. The number of fused-ring (bicyclic) bond motifs is 6. The maximum Gasteiger partial charge on any atom is 0.307 e. The van der Waals surface area contributed by atoms with Gasteiger partial charge in [-0.25, -0.2) is 0 Å². The van der Waals surface area contributed by atoms with Crippen molar-refractivity contribution in [3.8, 4) is 5.75 Å². The first-order chi connectivity index (χ1) is 26.7. The number of aromatic amines is 1. The summed E-state index contributed by atoms with van der Waals surface area (Å²) < 4.78 is 8.10. The van der Waals surface area contributed by atoms with Crippen LogP contribution in [0.2, 0.25) is 0 Å². The highest BCUT2D eigenvalue weighted by molar-refractivity contribution is 7.98. The highest BCUT2D eigenvalue weighted by atomic mass is 32.2. The Labute approximate surface area is 324 Å². The Balaban J connectivity index is 0.000000169. The molecule has 0 fully saturated rings. The lowest BCUT2D eigenvalue weighted by Crippen LogP contribution is -2.10. The molecule has 0 unspecified atom stereocenters. The number of thioether (sulfide) groups is 1. The van der Waals surface area contributed by atoms with Crippen molar-refractivity contribution in [2.75, 3.05) is 13.4 Å². The first kappa shape index (κ1) is 37.3. The molecule has 0 radical (unpaired) electrons. The number of carbonyl (C=O) groups is 2. The standard InChI is InChI=1S/C24H23NO3.C23H21NO2S/c1-3-16-18(13-15-9-5-4-6-10-15)19(14-21(26)27)24(28-2)23-22(16)17-11-7-8-12-20(17)25-23;1-15-12-19-17-10-6-7-11-20(17)24(14-16-8-4-3-5-9-16)22(19)23(27-2)18(15)13-21(25)26/h4-12,25H,3,13-14H2,1-2H3,(H,26,27);3-12H,13-14H2,1-2H3,(H,25,26). The zero-order chi connectivity index (χ0) is 38.6. The Hall–Kier alpha value is -5.99. The molecule has 8 rings (SSSR count). The van der Waals surface area contributed by atoms with Gasteiger partial charge in [-0.1, -0.05) is 104 Å². The summed E-state index contributed by atoms with van der Waals surface area (Å²) in [6, 6.07) is 39.3. The van der Waals surface area contributed by atoms with E-state index in [-0.39, 0.29) is 12.8 Å². The number of aliphatic carboxylic acids is 2. The van der Waals surface area contributed by atoms with E-state index in [0.717, 1.165) is 73.0 Å². The van der Waals surface area contributed by atoms with Gasteiger partial charge in [-0.3, -0.25) is 9.59 Å². The molecule has 0 saturated carbocycles. The molecule has 2 heterocycles. The third-order valence-electron chi connectivity index (χ3n) is 10.4. The minimum absolute atomic E-state index is 0.0464. The van der Waals surface area contributed by atoms with Gasteiger partial charge >= 0.3 is 11.9 Å². The highest BCUT2D eigenvalue weighted by Crippen LogP contribution is 2.42. The fourth-order valence-corrected chi connectivity index (χ4v) is 8.97. The molecule has 7 nitrogen and oxygen atoms in total. The van der Waals surface area contributed by atoms with Gasteiger partial charge in [0.2, 0.25) is 0 Å². The molecular weight excluding hydrogens is 705 g/mol. The molecule has 0 bridgehead atoms. The maximum absolute atomic E-state index is 11.7. The third-order valence-corrected chi connectivity index (χ3v) is 11.2. The minimum Gasteiger partial charge on any atom is -0.494 e. The van der Waals surface area contributed by atoms with E-state index in [1.807, 2.05) is 55.6 Å². The topological polar surface area (TPSA) is 105 Å². The number of aryl methyl sites for hydroxylation is 2. The molecule has 0 saturated heterocycles. The zero-order valence-electron chi connectivity index (χ0n) is 31.5. The van der Waals surface area contributed by atoms with E-state index in [1.165, 1.54) is 27.4 Å². The van der Waals surface area contributed by atoms with Crippen molar-refractivity contribution >= 4 is 67.3 Å². The van der Waals surface area contributed by atoms with E-state index < -0.39 is 11.9 Å². The second kappa shape index (κ2) is 16.2. The number of ether oxygens (including phenoxy) is 1. The number of aromatic nitrogens is 2. The summed E-state index contributed by atoms with van der Waals surface area (Å²) in [5, 5.41) is 23.7. The maximum atomic E-state index is 11.7. The Kier molecular flexibility index (Phi) is 11.0. The van der Waals surface area contributed by atoms with Crippen molar-refractivity contribution in [1.82, 2.24) is 9.55 Å². The number of nitrogens with one attached hydrogen (secondary N) is 1. The monoisotopic (exact) mass is 748 g/mol. The van der Waals surface area contributed by atoms with Gasteiger partial charge in [-0.2, -0.15) is 0 Å². The normalized spacial score (nSPS) is 11.3. The molecule has 3 N–H and O–H groups in total. The van der Waals surface area contributed by atoms with Crippen LogP contribution in [0.1, 0.15) is 45.9 Å². The molecule has 0 aliphatic rings. The molecule has 0 amide bonds. The number of nitrogens with zero attached hydrogens (tertiary/aromatic N) is 1. The number of carboxylic acids is 2. The van der Waals surface area contributed by atoms with E-state index in [4.69, 9.17) is 4.74 Å². The van der Waals surface area contributed by atoms with Gasteiger partial charge < -0.3 is 24.5 Å². The SMILES string of the molecule is CCc1c(Cc2ccccc2)c(CC(=O)O)c(OC)c2[nH]c3ccccc3c12.CSc1c(CC(=O)O)c(C)cc2c3ccccc3n(Cc3ccccc3)c12. The van der Waals surface area contributed by atoms with Crippen LogP contribution in [0, 0.1) is 6.92 Å². The van der Waals surface area contributed by atoms with Crippen molar-refractivity contribution in [2.45, 2.75) is 51.0 Å². The van der Waals surface area contributed by atoms with Gasteiger partial charge in [0.25, 0.3) is 0 Å². The summed E-state index contributed by atoms with van der Waals surface area (Å²) in [7, 11) is 1.61. The summed E-state index contributed by atoms with van der Waals surface area (Å²) in [5.41, 5.74) is 11.6. The number of rotatable bonds is 11. The smallest absolute Gasteiger partial charge is 0.307 e. The lowest BCUT2D eigenvalue weighted by atomic mass is 9.88. The number of benzene rings is 6. The van der Waals surface area contributed by atoms with E-state index in [9.17, 15) is 19.8 Å². The van der Waals surface area contributed by atoms with Gasteiger partial charge in [-0.05, 0) is 77.6 Å². The van der Waals surface area contributed by atoms with Crippen molar-refractivity contribution < 1.29 is 24.5 Å². The average Bonchev–Trinajstić information content (AvgIpc) is 3.72. The third kappa shape index (κ3) is 7.30. The van der Waals surface area contributed by atoms with Crippen LogP contribution in [0.3, 0.4) is 0 Å². The van der Waals surface area contributed by atoms with Crippen LogP contribution in [0.15, 0.2) is 120 Å². The summed E-state index contributed by atoms with van der Waals surface area (Å²) >= 11 is 1.64. The number of methoxy groups -OCH3 is 1. The van der Waals surface area contributed by atoms with Crippen molar-refractivity contribution in [1.29, 1.82) is 0 Å². The van der Waals surface area contributed by atoms with Gasteiger partial charge in [0.1, 0.15) is 5.75 Å². The van der Waals surface area contributed by atoms with Crippen LogP contribution in [0.5, 0.6) is 5.75 Å². The van der Waals surface area contributed by atoms with Crippen LogP contribution in [0.4, 0.5) is 0 Å². The van der Waals surface area contributed by atoms with E-state index in [0.29, 0.717) is 12.2 Å². The molecule has 0 aliphatic carbocycles. The first-order valence-electron chi connectivity index (χ1n) is 18.4. The molecule has 0 atom stereocenters. The van der Waals surface area contributed by atoms with E-state index >= 15 is 0 Å². The Morgan fingerprint density at radius 3 is 1.96 bits per heavy atom. The Morgan fingerprint density at radius 1 is 0.727 bits per heavy atom. The molecule has 8 heteroatoms. The molecule has 0 aliphatic heterocycles. The second-order valence-electron chi connectivity index (χ2n) is 13.7. The number of carboxylic acid groups (broad SMARTS) is 2. The molecule has 6 aromatic carbocycles. The van der Waals surface area contributed by atoms with Gasteiger partial charge in [0.05, 0.1) is 31.0 Å². The van der Waals surface area contributed by atoms with E-state index in [2.05, 4.69) is 89.3 Å². The van der Waals surface area contributed by atoms with E-state index in [1.54, 1.807) is 18.9 Å².